The Labute approximate surface area is 101 Å². The molecule has 0 aliphatic carbocycles. The SMILES string of the molecule is N#Cc1cc(-c2ccc(Cl)cc2)n(Br)c1. The van der Waals surface area contributed by atoms with Crippen LogP contribution in [-0.2, 0) is 0 Å². The molecule has 0 unspecified atom stereocenters. The van der Waals surface area contributed by atoms with Gasteiger partial charge in [0.15, 0.2) is 0 Å². The molecule has 2 nitrogen and oxygen atoms in total. The van der Waals surface area contributed by atoms with Crippen molar-refractivity contribution in [2.75, 3.05) is 0 Å². The second-order valence-electron chi connectivity index (χ2n) is 3.04. The first-order valence-electron chi connectivity index (χ1n) is 4.25. The first-order valence-corrected chi connectivity index (χ1v) is 5.34. The molecule has 0 radical (unpaired) electrons. The first kappa shape index (κ1) is 10.3. The van der Waals surface area contributed by atoms with Crippen LogP contribution in [0.25, 0.3) is 11.3 Å². The van der Waals surface area contributed by atoms with Crippen molar-refractivity contribution >= 4 is 27.7 Å². The molecule has 15 heavy (non-hydrogen) atoms. The Morgan fingerprint density at radius 3 is 2.47 bits per heavy atom. The summed E-state index contributed by atoms with van der Waals surface area (Å²) in [6, 6.07) is 11.4. The first-order chi connectivity index (χ1) is 7.20. The van der Waals surface area contributed by atoms with Crippen LogP contribution in [0, 0.1) is 11.3 Å². The van der Waals surface area contributed by atoms with Crippen LogP contribution in [-0.4, -0.2) is 3.59 Å². The highest BCUT2D eigenvalue weighted by Gasteiger charge is 2.05. The molecule has 0 N–H and O–H groups in total. The van der Waals surface area contributed by atoms with Crippen LogP contribution >= 0.6 is 27.7 Å². The molecule has 0 spiro atoms. The number of benzene rings is 1. The van der Waals surface area contributed by atoms with Crippen molar-refractivity contribution in [3.63, 3.8) is 0 Å². The maximum Gasteiger partial charge on any atom is 0.101 e. The Hall–Kier alpha value is -1.24. The number of hydrogen-bond acceptors (Lipinski definition) is 1. The van der Waals surface area contributed by atoms with Gasteiger partial charge in [-0.25, -0.2) is 0 Å². The van der Waals surface area contributed by atoms with E-state index in [2.05, 4.69) is 22.2 Å². The fourth-order valence-corrected chi connectivity index (χ4v) is 1.98. The standard InChI is InChI=1S/C11H6BrClN2/c12-15-7-8(6-14)5-11(15)9-1-3-10(13)4-2-9/h1-5,7H. The van der Waals surface area contributed by atoms with Gasteiger partial charge in [0, 0.05) is 11.2 Å². The number of nitrogens with zero attached hydrogens (tertiary/aromatic N) is 2. The predicted molar refractivity (Wildman–Crippen MR) is 63.9 cm³/mol. The number of halogens is 2. The van der Waals surface area contributed by atoms with Gasteiger partial charge in [-0.1, -0.05) is 23.7 Å². The van der Waals surface area contributed by atoms with Gasteiger partial charge >= 0.3 is 0 Å². The quantitative estimate of drug-likeness (QED) is 0.781. The summed E-state index contributed by atoms with van der Waals surface area (Å²) in [5.74, 6) is 0. The third-order valence-corrected chi connectivity index (χ3v) is 2.88. The molecule has 4 heteroatoms. The van der Waals surface area contributed by atoms with Crippen LogP contribution in [0.15, 0.2) is 36.5 Å². The Morgan fingerprint density at radius 2 is 1.93 bits per heavy atom. The van der Waals surface area contributed by atoms with Crippen LogP contribution in [0.2, 0.25) is 5.02 Å². The molecule has 1 aromatic heterocycles. The van der Waals surface area contributed by atoms with Crippen molar-refractivity contribution in [1.82, 2.24) is 3.59 Å². The van der Waals surface area contributed by atoms with Gasteiger partial charge in [-0.3, -0.25) is 3.59 Å². The molecule has 0 atom stereocenters. The van der Waals surface area contributed by atoms with Crippen molar-refractivity contribution < 1.29 is 0 Å². The minimum atomic E-state index is 0.622. The van der Waals surface area contributed by atoms with Gasteiger partial charge in [-0.2, -0.15) is 5.26 Å². The third kappa shape index (κ3) is 2.06. The van der Waals surface area contributed by atoms with Gasteiger partial charge < -0.3 is 0 Å². The monoisotopic (exact) mass is 280 g/mol. The van der Waals surface area contributed by atoms with Crippen LogP contribution in [0.1, 0.15) is 5.56 Å². The second kappa shape index (κ2) is 4.09. The fourth-order valence-electron chi connectivity index (χ4n) is 1.33. The summed E-state index contributed by atoms with van der Waals surface area (Å²) < 4.78 is 1.74. The van der Waals surface area contributed by atoms with Crippen LogP contribution < -0.4 is 0 Å². The highest BCUT2D eigenvalue weighted by Crippen LogP contribution is 2.25. The van der Waals surface area contributed by atoms with Crippen LogP contribution in [0.3, 0.4) is 0 Å². The zero-order valence-corrected chi connectivity index (χ0v) is 9.96. The second-order valence-corrected chi connectivity index (χ2v) is 4.24. The smallest absolute Gasteiger partial charge is 0.101 e. The number of aromatic nitrogens is 1. The maximum atomic E-state index is 8.76. The number of rotatable bonds is 1. The lowest BCUT2D eigenvalue weighted by Crippen LogP contribution is -1.81. The zero-order valence-electron chi connectivity index (χ0n) is 7.61. The molecule has 74 valence electrons. The van der Waals surface area contributed by atoms with Crippen molar-refractivity contribution in [2.24, 2.45) is 0 Å². The van der Waals surface area contributed by atoms with E-state index in [1.54, 1.807) is 9.79 Å². The van der Waals surface area contributed by atoms with E-state index in [0.29, 0.717) is 10.6 Å². The average Bonchev–Trinajstić information content (AvgIpc) is 2.61. The van der Waals surface area contributed by atoms with Crippen molar-refractivity contribution in [2.45, 2.75) is 0 Å². The lowest BCUT2D eigenvalue weighted by Gasteiger charge is -2.00. The Balaban J connectivity index is 2.50. The van der Waals surface area contributed by atoms with E-state index in [4.69, 9.17) is 16.9 Å². The largest absolute Gasteiger partial charge is 0.282 e. The normalized spacial score (nSPS) is 9.93. The van der Waals surface area contributed by atoms with Crippen LogP contribution in [0.4, 0.5) is 0 Å². The fraction of sp³-hybridized carbons (Fsp3) is 0. The Bertz CT molecular complexity index is 523. The van der Waals surface area contributed by atoms with Gasteiger partial charge in [0.1, 0.15) is 6.07 Å². The Morgan fingerprint density at radius 1 is 1.27 bits per heavy atom. The van der Waals surface area contributed by atoms with Gasteiger partial charge in [0.05, 0.1) is 27.4 Å². The summed E-state index contributed by atoms with van der Waals surface area (Å²) in [5.41, 5.74) is 2.57. The molecule has 0 aliphatic heterocycles. The molecule has 0 fully saturated rings. The molecule has 2 rings (SSSR count). The highest BCUT2D eigenvalue weighted by atomic mass is 79.9. The van der Waals surface area contributed by atoms with E-state index in [-0.39, 0.29) is 0 Å². The molecule has 0 aliphatic rings. The average molecular weight is 282 g/mol. The van der Waals surface area contributed by atoms with E-state index in [9.17, 15) is 0 Å². The van der Waals surface area contributed by atoms with Gasteiger partial charge in [0.2, 0.25) is 0 Å². The zero-order chi connectivity index (χ0) is 10.8. The van der Waals surface area contributed by atoms with E-state index in [1.807, 2.05) is 30.3 Å². The number of nitriles is 1. The van der Waals surface area contributed by atoms with Crippen molar-refractivity contribution in [1.29, 1.82) is 5.26 Å². The number of hydrogen-bond donors (Lipinski definition) is 0. The van der Waals surface area contributed by atoms with Gasteiger partial charge in [-0.15, -0.1) is 0 Å². The minimum absolute atomic E-state index is 0.622. The summed E-state index contributed by atoms with van der Waals surface area (Å²) in [6.45, 7) is 0. The lowest BCUT2D eigenvalue weighted by atomic mass is 10.1. The van der Waals surface area contributed by atoms with E-state index >= 15 is 0 Å². The predicted octanol–water partition coefficient (Wildman–Crippen LogP) is 3.84. The molecule has 0 bridgehead atoms. The van der Waals surface area contributed by atoms with Gasteiger partial charge in [0.25, 0.3) is 0 Å². The van der Waals surface area contributed by atoms with Gasteiger partial charge in [-0.05, 0) is 23.8 Å². The maximum absolute atomic E-state index is 8.76. The van der Waals surface area contributed by atoms with E-state index in [0.717, 1.165) is 11.3 Å². The molecular formula is C11H6BrClN2. The lowest BCUT2D eigenvalue weighted by molar-refractivity contribution is 1.32. The van der Waals surface area contributed by atoms with Crippen LogP contribution in [0.5, 0.6) is 0 Å². The Kier molecular flexibility index (Phi) is 2.81. The third-order valence-electron chi connectivity index (χ3n) is 2.04. The molecule has 1 heterocycles. The highest BCUT2D eigenvalue weighted by molar-refractivity contribution is 9.08. The summed E-state index contributed by atoms with van der Waals surface area (Å²) in [4.78, 5) is 0. The summed E-state index contributed by atoms with van der Waals surface area (Å²) >= 11 is 9.15. The topological polar surface area (TPSA) is 28.7 Å². The molecule has 0 saturated carbocycles. The van der Waals surface area contributed by atoms with Crippen molar-refractivity contribution in [3.8, 4) is 17.3 Å². The molecule has 1 aromatic carbocycles. The summed E-state index contributed by atoms with van der Waals surface area (Å²) in [5, 5.41) is 9.46. The minimum Gasteiger partial charge on any atom is -0.282 e. The summed E-state index contributed by atoms with van der Waals surface area (Å²) in [6.07, 6.45) is 1.73. The van der Waals surface area contributed by atoms with E-state index < -0.39 is 0 Å². The van der Waals surface area contributed by atoms with E-state index in [1.165, 1.54) is 0 Å². The molecular weight excluding hydrogens is 275 g/mol. The molecule has 0 saturated heterocycles. The summed E-state index contributed by atoms with van der Waals surface area (Å²) in [7, 11) is 0. The molecule has 2 aromatic rings. The van der Waals surface area contributed by atoms with Crippen molar-refractivity contribution in [3.05, 3.63) is 47.1 Å². The molecule has 0 amide bonds.